The number of hydrogen-bond acceptors (Lipinski definition) is 3. The van der Waals surface area contributed by atoms with Crippen molar-refractivity contribution in [2.75, 3.05) is 6.54 Å². The maximum atomic E-state index is 13.5. The van der Waals surface area contributed by atoms with E-state index in [4.69, 9.17) is 4.74 Å². The molecular weight excluding hydrogens is 257 g/mol. The van der Waals surface area contributed by atoms with Gasteiger partial charge in [0.2, 0.25) is 0 Å². The number of hydrogen-bond donors (Lipinski definition) is 2. The molecule has 3 nitrogen and oxygen atoms in total. The average molecular weight is 281 g/mol. The molecular formula is C16H24FNO2. The lowest BCUT2D eigenvalue weighted by Gasteiger charge is -2.22. The van der Waals surface area contributed by atoms with Crippen LogP contribution in [0.5, 0.6) is 5.75 Å². The third-order valence-electron chi connectivity index (χ3n) is 3.83. The van der Waals surface area contributed by atoms with Gasteiger partial charge >= 0.3 is 0 Å². The first-order valence-corrected chi connectivity index (χ1v) is 7.49. The zero-order valence-corrected chi connectivity index (χ0v) is 12.2. The van der Waals surface area contributed by atoms with Gasteiger partial charge < -0.3 is 15.2 Å². The van der Waals surface area contributed by atoms with Crippen LogP contribution in [0.3, 0.4) is 0 Å². The molecule has 112 valence electrons. The van der Waals surface area contributed by atoms with Crippen molar-refractivity contribution in [2.24, 2.45) is 0 Å². The van der Waals surface area contributed by atoms with Gasteiger partial charge in [0, 0.05) is 11.6 Å². The first-order chi connectivity index (χ1) is 9.61. The maximum Gasteiger partial charge on any atom is 0.124 e. The van der Waals surface area contributed by atoms with Crippen LogP contribution >= 0.6 is 0 Å². The number of ether oxygens (including phenoxy) is 1. The van der Waals surface area contributed by atoms with Crippen LogP contribution < -0.4 is 10.1 Å². The van der Waals surface area contributed by atoms with E-state index in [0.717, 1.165) is 37.8 Å². The number of nitrogens with one attached hydrogen (secondary N) is 1. The lowest BCUT2D eigenvalue weighted by molar-refractivity contribution is 0.0594. The van der Waals surface area contributed by atoms with Gasteiger partial charge in [0.15, 0.2) is 0 Å². The zero-order chi connectivity index (χ0) is 14.5. The van der Waals surface area contributed by atoms with E-state index in [1.807, 2.05) is 6.92 Å². The van der Waals surface area contributed by atoms with Crippen molar-refractivity contribution in [1.82, 2.24) is 5.32 Å². The van der Waals surface area contributed by atoms with Crippen LogP contribution in [0.2, 0.25) is 0 Å². The largest absolute Gasteiger partial charge is 0.487 e. The fraction of sp³-hybridized carbons (Fsp3) is 0.625. The highest BCUT2D eigenvalue weighted by atomic mass is 19.1. The molecule has 0 heterocycles. The van der Waals surface area contributed by atoms with Crippen molar-refractivity contribution >= 4 is 0 Å². The Morgan fingerprint density at radius 1 is 1.45 bits per heavy atom. The van der Waals surface area contributed by atoms with Crippen molar-refractivity contribution in [1.29, 1.82) is 0 Å². The Morgan fingerprint density at radius 3 is 2.90 bits per heavy atom. The summed E-state index contributed by atoms with van der Waals surface area (Å²) in [7, 11) is 0. The highest BCUT2D eigenvalue weighted by Crippen LogP contribution is 2.30. The number of aliphatic hydroxyl groups excluding tert-OH is 1. The van der Waals surface area contributed by atoms with Gasteiger partial charge in [0.05, 0.1) is 6.10 Å². The van der Waals surface area contributed by atoms with Crippen LogP contribution in [0.25, 0.3) is 0 Å². The van der Waals surface area contributed by atoms with E-state index in [9.17, 15) is 9.50 Å². The first-order valence-electron chi connectivity index (χ1n) is 7.49. The second-order valence-corrected chi connectivity index (χ2v) is 5.51. The predicted molar refractivity (Wildman–Crippen MR) is 77.4 cm³/mol. The second-order valence-electron chi connectivity index (χ2n) is 5.51. The number of halogens is 1. The Kier molecular flexibility index (Phi) is 5.38. The summed E-state index contributed by atoms with van der Waals surface area (Å²) in [6.07, 6.45) is 3.06. The van der Waals surface area contributed by atoms with Crippen molar-refractivity contribution in [3.63, 3.8) is 0 Å². The summed E-state index contributed by atoms with van der Waals surface area (Å²) in [4.78, 5) is 0. The number of benzene rings is 1. The van der Waals surface area contributed by atoms with Gasteiger partial charge in [0.25, 0.3) is 0 Å². The molecule has 1 fully saturated rings. The summed E-state index contributed by atoms with van der Waals surface area (Å²) in [6, 6.07) is 4.62. The second kappa shape index (κ2) is 7.04. The highest BCUT2D eigenvalue weighted by Gasteiger charge is 2.28. The molecule has 3 unspecified atom stereocenters. The van der Waals surface area contributed by atoms with Crippen LogP contribution in [0.15, 0.2) is 18.2 Å². The molecule has 0 spiro atoms. The van der Waals surface area contributed by atoms with E-state index >= 15 is 0 Å². The third kappa shape index (κ3) is 3.70. The summed E-state index contributed by atoms with van der Waals surface area (Å²) in [5.74, 6) is 0.415. The topological polar surface area (TPSA) is 41.5 Å². The van der Waals surface area contributed by atoms with Crippen LogP contribution in [0, 0.1) is 5.82 Å². The monoisotopic (exact) mass is 281 g/mol. The van der Waals surface area contributed by atoms with Crippen LogP contribution in [0.4, 0.5) is 4.39 Å². The Bertz CT molecular complexity index is 438. The quantitative estimate of drug-likeness (QED) is 0.841. The molecule has 0 aromatic heterocycles. The molecule has 20 heavy (non-hydrogen) atoms. The van der Waals surface area contributed by atoms with Gasteiger partial charge in [-0.25, -0.2) is 4.39 Å². The minimum atomic E-state index is -0.410. The van der Waals surface area contributed by atoms with E-state index in [-0.39, 0.29) is 18.0 Å². The van der Waals surface area contributed by atoms with Crippen molar-refractivity contribution in [3.05, 3.63) is 29.6 Å². The summed E-state index contributed by atoms with van der Waals surface area (Å²) in [5.41, 5.74) is 0.817. The Labute approximate surface area is 120 Å². The summed E-state index contributed by atoms with van der Waals surface area (Å²) in [6.45, 7) is 4.98. The molecule has 1 saturated carbocycles. The van der Waals surface area contributed by atoms with E-state index < -0.39 is 6.10 Å². The van der Waals surface area contributed by atoms with Gasteiger partial charge in [0.1, 0.15) is 17.7 Å². The molecule has 0 saturated heterocycles. The molecule has 4 heteroatoms. The minimum absolute atomic E-state index is 0.0270. The SMILES string of the molecule is CCCNC(C)c1cc(F)ccc1OC1CCCC1O. The van der Waals surface area contributed by atoms with E-state index in [0.29, 0.717) is 5.75 Å². The lowest BCUT2D eigenvalue weighted by atomic mass is 10.1. The molecule has 0 aliphatic heterocycles. The predicted octanol–water partition coefficient (Wildman–Crippen LogP) is 3.18. The smallest absolute Gasteiger partial charge is 0.124 e. The van der Waals surface area contributed by atoms with Crippen molar-refractivity contribution in [2.45, 2.75) is 57.8 Å². The molecule has 3 atom stereocenters. The maximum absolute atomic E-state index is 13.5. The normalized spacial score (nSPS) is 23.8. The van der Waals surface area contributed by atoms with Gasteiger partial charge in [-0.05, 0) is 57.4 Å². The van der Waals surface area contributed by atoms with Gasteiger partial charge in [-0.1, -0.05) is 6.92 Å². The lowest BCUT2D eigenvalue weighted by Crippen LogP contribution is -2.27. The molecule has 2 rings (SSSR count). The minimum Gasteiger partial charge on any atom is -0.487 e. The molecule has 0 radical (unpaired) electrons. The van der Waals surface area contributed by atoms with Crippen LogP contribution in [-0.4, -0.2) is 23.9 Å². The Hall–Kier alpha value is -1.13. The summed E-state index contributed by atoms with van der Waals surface area (Å²) < 4.78 is 19.4. The van der Waals surface area contributed by atoms with Crippen molar-refractivity contribution < 1.29 is 14.2 Å². The first kappa shape index (κ1) is 15.3. The molecule has 1 aliphatic carbocycles. The van der Waals surface area contributed by atoms with Gasteiger partial charge in [-0.15, -0.1) is 0 Å². The van der Waals surface area contributed by atoms with Crippen LogP contribution in [-0.2, 0) is 0 Å². The van der Waals surface area contributed by atoms with Crippen molar-refractivity contribution in [3.8, 4) is 5.75 Å². The molecule has 0 bridgehead atoms. The molecule has 2 N–H and O–H groups in total. The standard InChI is InChI=1S/C16H24FNO2/c1-3-9-18-11(2)13-10-12(17)7-8-15(13)20-16-6-4-5-14(16)19/h7-8,10-11,14,16,18-19H,3-6,9H2,1-2H3. The fourth-order valence-corrected chi connectivity index (χ4v) is 2.64. The zero-order valence-electron chi connectivity index (χ0n) is 12.2. The summed E-state index contributed by atoms with van der Waals surface area (Å²) in [5, 5.41) is 13.2. The van der Waals surface area contributed by atoms with Gasteiger partial charge in [-0.3, -0.25) is 0 Å². The van der Waals surface area contributed by atoms with E-state index in [2.05, 4.69) is 12.2 Å². The Morgan fingerprint density at radius 2 is 2.25 bits per heavy atom. The molecule has 1 aromatic rings. The number of aliphatic hydroxyl groups is 1. The van der Waals surface area contributed by atoms with Gasteiger partial charge in [-0.2, -0.15) is 0 Å². The molecule has 1 aliphatic rings. The van der Waals surface area contributed by atoms with Crippen LogP contribution in [0.1, 0.15) is 51.1 Å². The Balaban J connectivity index is 2.14. The fourth-order valence-electron chi connectivity index (χ4n) is 2.64. The molecule has 0 amide bonds. The highest BCUT2D eigenvalue weighted by molar-refractivity contribution is 5.36. The number of rotatable bonds is 6. The van der Waals surface area contributed by atoms with E-state index in [1.165, 1.54) is 12.1 Å². The van der Waals surface area contributed by atoms with E-state index in [1.54, 1.807) is 6.07 Å². The average Bonchev–Trinajstić information content (AvgIpc) is 2.83. The summed E-state index contributed by atoms with van der Waals surface area (Å²) >= 11 is 0. The third-order valence-corrected chi connectivity index (χ3v) is 3.83. The molecule has 1 aromatic carbocycles.